The van der Waals surface area contributed by atoms with Crippen LogP contribution in [-0.2, 0) is 11.4 Å². The number of piperidine rings is 1. The molecule has 0 spiro atoms. The van der Waals surface area contributed by atoms with Crippen LogP contribution in [0.25, 0.3) is 0 Å². The van der Waals surface area contributed by atoms with Gasteiger partial charge in [-0.25, -0.2) is 4.39 Å². The van der Waals surface area contributed by atoms with E-state index >= 15 is 0 Å². The summed E-state index contributed by atoms with van der Waals surface area (Å²) < 4.78 is 18.3. The molecular weight excluding hydrogens is 293 g/mol. The second-order valence-corrected chi connectivity index (χ2v) is 6.09. The molecule has 5 nitrogen and oxygen atoms in total. The van der Waals surface area contributed by atoms with Crippen molar-refractivity contribution < 1.29 is 14.0 Å². The van der Waals surface area contributed by atoms with E-state index in [2.05, 4.69) is 15.5 Å². The van der Waals surface area contributed by atoms with E-state index < -0.39 is 5.60 Å². The lowest BCUT2D eigenvalue weighted by molar-refractivity contribution is -0.0228. The highest BCUT2D eigenvalue weighted by molar-refractivity contribution is 7.98. The number of nitrogens with one attached hydrogen (secondary N) is 1. The van der Waals surface area contributed by atoms with Crippen LogP contribution in [0.2, 0.25) is 0 Å². The van der Waals surface area contributed by atoms with Crippen LogP contribution in [0.4, 0.5) is 4.39 Å². The highest BCUT2D eigenvalue weighted by Gasteiger charge is 2.36. The van der Waals surface area contributed by atoms with Crippen LogP contribution >= 0.6 is 11.8 Å². The Morgan fingerprint density at radius 3 is 2.95 bits per heavy atom. The molecule has 0 saturated carbocycles. The average Bonchev–Trinajstić information content (AvgIpc) is 2.96. The number of hydrogen-bond donors (Lipinski definition) is 2. The number of benzene rings is 1. The molecule has 1 aliphatic heterocycles. The van der Waals surface area contributed by atoms with Gasteiger partial charge in [-0.3, -0.25) is 0 Å². The van der Waals surface area contributed by atoms with Crippen LogP contribution in [0.15, 0.2) is 33.7 Å². The van der Waals surface area contributed by atoms with Crippen LogP contribution in [0.1, 0.15) is 24.6 Å². The van der Waals surface area contributed by atoms with E-state index in [9.17, 15) is 9.50 Å². The second-order valence-electron chi connectivity index (χ2n) is 5.04. The maximum absolute atomic E-state index is 13.1. The molecule has 1 aromatic heterocycles. The van der Waals surface area contributed by atoms with E-state index in [4.69, 9.17) is 4.52 Å². The van der Waals surface area contributed by atoms with Gasteiger partial charge in [-0.2, -0.15) is 4.98 Å². The zero-order chi connectivity index (χ0) is 14.7. The van der Waals surface area contributed by atoms with Gasteiger partial charge in [-0.15, -0.1) is 11.8 Å². The van der Waals surface area contributed by atoms with Gasteiger partial charge >= 0.3 is 0 Å². The van der Waals surface area contributed by atoms with Crippen molar-refractivity contribution in [3.05, 3.63) is 41.8 Å². The predicted molar refractivity (Wildman–Crippen MR) is 76.3 cm³/mol. The minimum Gasteiger partial charge on any atom is -0.380 e. The summed E-state index contributed by atoms with van der Waals surface area (Å²) in [4.78, 5) is 5.08. The molecule has 1 saturated heterocycles. The summed E-state index contributed by atoms with van der Waals surface area (Å²) >= 11 is 1.43. The highest BCUT2D eigenvalue weighted by Crippen LogP contribution is 2.30. The molecule has 1 fully saturated rings. The van der Waals surface area contributed by atoms with Crippen molar-refractivity contribution in [1.82, 2.24) is 15.5 Å². The molecule has 0 amide bonds. The van der Waals surface area contributed by atoms with Crippen LogP contribution in [0.3, 0.4) is 0 Å². The van der Waals surface area contributed by atoms with Crippen molar-refractivity contribution in [1.29, 1.82) is 0 Å². The van der Waals surface area contributed by atoms with E-state index in [0.717, 1.165) is 18.0 Å². The van der Waals surface area contributed by atoms with Crippen molar-refractivity contribution >= 4 is 11.8 Å². The van der Waals surface area contributed by atoms with E-state index in [1.807, 2.05) is 6.07 Å². The Morgan fingerprint density at radius 1 is 1.38 bits per heavy atom. The Kier molecular flexibility index (Phi) is 4.23. The smallest absolute Gasteiger partial charge is 0.258 e. The molecule has 2 aromatic rings. The monoisotopic (exact) mass is 309 g/mol. The second kappa shape index (κ2) is 6.13. The number of aromatic nitrogens is 2. The maximum Gasteiger partial charge on any atom is 0.258 e. The molecule has 0 radical (unpaired) electrons. The van der Waals surface area contributed by atoms with Crippen molar-refractivity contribution in [2.45, 2.75) is 29.1 Å². The molecule has 0 aliphatic carbocycles. The van der Waals surface area contributed by atoms with Gasteiger partial charge in [0.1, 0.15) is 11.4 Å². The number of nitrogens with zero attached hydrogens (tertiary/aromatic N) is 2. The summed E-state index contributed by atoms with van der Waals surface area (Å²) in [5.41, 5.74) is -1.03. The first-order valence-corrected chi connectivity index (χ1v) is 7.79. The fourth-order valence-electron chi connectivity index (χ4n) is 2.26. The minimum atomic E-state index is -1.03. The zero-order valence-corrected chi connectivity index (χ0v) is 12.2. The third-order valence-corrected chi connectivity index (χ3v) is 4.45. The van der Waals surface area contributed by atoms with Gasteiger partial charge in [-0.1, -0.05) is 11.2 Å². The van der Waals surface area contributed by atoms with Gasteiger partial charge in [-0.05, 0) is 44.1 Å². The van der Waals surface area contributed by atoms with E-state index in [0.29, 0.717) is 24.4 Å². The number of rotatable bonds is 4. The molecule has 21 heavy (non-hydrogen) atoms. The van der Waals surface area contributed by atoms with E-state index in [1.54, 1.807) is 6.07 Å². The standard InChI is InChI=1S/C14H16FN3O2S/c15-10-2-1-3-11(8-10)21-9-12-17-13(20-18-12)14(19)4-6-16-7-5-14/h1-3,8,16,19H,4-7,9H2. The zero-order valence-electron chi connectivity index (χ0n) is 11.4. The number of halogens is 1. The Labute approximate surface area is 125 Å². The summed E-state index contributed by atoms with van der Waals surface area (Å²) in [6.45, 7) is 1.46. The lowest BCUT2D eigenvalue weighted by atomic mass is 9.92. The molecule has 0 atom stereocenters. The predicted octanol–water partition coefficient (Wildman–Crippen LogP) is 2.07. The third-order valence-electron chi connectivity index (χ3n) is 3.46. The molecule has 2 N–H and O–H groups in total. The first-order chi connectivity index (χ1) is 10.2. The largest absolute Gasteiger partial charge is 0.380 e. The summed E-state index contributed by atoms with van der Waals surface area (Å²) in [6, 6.07) is 6.36. The van der Waals surface area contributed by atoms with Gasteiger partial charge in [0.25, 0.3) is 5.89 Å². The third kappa shape index (κ3) is 3.42. The van der Waals surface area contributed by atoms with Gasteiger partial charge in [0, 0.05) is 4.90 Å². The van der Waals surface area contributed by atoms with E-state index in [-0.39, 0.29) is 11.7 Å². The molecule has 112 valence electrons. The van der Waals surface area contributed by atoms with Gasteiger partial charge in [0.05, 0.1) is 5.75 Å². The quantitative estimate of drug-likeness (QED) is 0.843. The van der Waals surface area contributed by atoms with Crippen LogP contribution in [0.5, 0.6) is 0 Å². The lowest BCUT2D eigenvalue weighted by Gasteiger charge is -2.28. The van der Waals surface area contributed by atoms with Crippen LogP contribution in [0, 0.1) is 5.82 Å². The van der Waals surface area contributed by atoms with Gasteiger partial charge < -0.3 is 14.9 Å². The Hall–Kier alpha value is -1.44. The maximum atomic E-state index is 13.1. The molecule has 1 aliphatic rings. The summed E-state index contributed by atoms with van der Waals surface area (Å²) in [5.74, 6) is 0.990. The van der Waals surface area contributed by atoms with Crippen LogP contribution in [-0.4, -0.2) is 28.3 Å². The fourth-order valence-corrected chi connectivity index (χ4v) is 3.04. The fraction of sp³-hybridized carbons (Fsp3) is 0.429. The van der Waals surface area contributed by atoms with E-state index in [1.165, 1.54) is 23.9 Å². The molecule has 3 rings (SSSR count). The van der Waals surface area contributed by atoms with Crippen molar-refractivity contribution in [2.75, 3.05) is 13.1 Å². The molecule has 7 heteroatoms. The molecule has 0 bridgehead atoms. The molecule has 0 unspecified atom stereocenters. The topological polar surface area (TPSA) is 71.2 Å². The summed E-state index contributed by atoms with van der Waals surface area (Å²) in [7, 11) is 0. The summed E-state index contributed by atoms with van der Waals surface area (Å²) in [6.07, 6.45) is 1.12. The number of aliphatic hydroxyl groups is 1. The first kappa shape index (κ1) is 14.5. The Bertz CT molecular complexity index is 614. The minimum absolute atomic E-state index is 0.266. The summed E-state index contributed by atoms with van der Waals surface area (Å²) in [5, 5.41) is 17.6. The molecule has 2 heterocycles. The highest BCUT2D eigenvalue weighted by atomic mass is 32.2. The normalized spacial score (nSPS) is 17.8. The Morgan fingerprint density at radius 2 is 2.19 bits per heavy atom. The van der Waals surface area contributed by atoms with Crippen molar-refractivity contribution in [2.24, 2.45) is 0 Å². The molecule has 1 aromatic carbocycles. The van der Waals surface area contributed by atoms with Crippen LogP contribution < -0.4 is 5.32 Å². The first-order valence-electron chi connectivity index (χ1n) is 6.80. The van der Waals surface area contributed by atoms with Gasteiger partial charge in [0.15, 0.2) is 5.82 Å². The number of hydrogen-bond acceptors (Lipinski definition) is 6. The van der Waals surface area contributed by atoms with Gasteiger partial charge in [0.2, 0.25) is 0 Å². The molecular formula is C14H16FN3O2S. The SMILES string of the molecule is OC1(c2nc(CSc3cccc(F)c3)no2)CCNCC1. The lowest BCUT2D eigenvalue weighted by Crippen LogP contribution is -2.39. The van der Waals surface area contributed by atoms with Crippen molar-refractivity contribution in [3.8, 4) is 0 Å². The van der Waals surface area contributed by atoms with Crippen molar-refractivity contribution in [3.63, 3.8) is 0 Å². The number of thioether (sulfide) groups is 1. The average molecular weight is 309 g/mol. The Balaban J connectivity index is 1.65.